The summed E-state index contributed by atoms with van der Waals surface area (Å²) in [6.45, 7) is 10.3. The van der Waals surface area contributed by atoms with Crippen LogP contribution >= 0.6 is 0 Å². The Hall–Kier alpha value is -1.17. The number of epoxide rings is 1. The van der Waals surface area contributed by atoms with E-state index in [0.29, 0.717) is 29.1 Å². The third-order valence-electron chi connectivity index (χ3n) is 10.0. The lowest BCUT2D eigenvalue weighted by atomic mass is 9.50. The highest BCUT2D eigenvalue weighted by Crippen LogP contribution is 2.68. The first-order chi connectivity index (χ1) is 14.8. The Bertz CT molecular complexity index is 841. The van der Waals surface area contributed by atoms with Crippen LogP contribution in [0.3, 0.4) is 0 Å². The molecule has 0 N–H and O–H groups in total. The van der Waals surface area contributed by atoms with Crippen LogP contribution in [0.5, 0.6) is 0 Å². The maximum atomic E-state index is 11.6. The molecule has 31 heavy (non-hydrogen) atoms. The lowest BCUT2D eigenvalue weighted by Crippen LogP contribution is -2.50. The Kier molecular flexibility index (Phi) is 4.56. The highest BCUT2D eigenvalue weighted by Gasteiger charge is 2.67. The first kappa shape index (κ1) is 20.4. The molecule has 3 saturated carbocycles. The van der Waals surface area contributed by atoms with E-state index >= 15 is 0 Å². The summed E-state index contributed by atoms with van der Waals surface area (Å²) < 4.78 is 23.6. The minimum atomic E-state index is -0.203. The van der Waals surface area contributed by atoms with Gasteiger partial charge in [0.2, 0.25) is 0 Å². The van der Waals surface area contributed by atoms with Crippen LogP contribution in [-0.2, 0) is 23.7 Å². The summed E-state index contributed by atoms with van der Waals surface area (Å²) in [4.78, 5) is 11.6. The van der Waals surface area contributed by atoms with Crippen LogP contribution in [0.15, 0.2) is 23.3 Å². The van der Waals surface area contributed by atoms with Crippen molar-refractivity contribution in [1.29, 1.82) is 0 Å². The van der Waals surface area contributed by atoms with Crippen molar-refractivity contribution in [3.63, 3.8) is 0 Å². The van der Waals surface area contributed by atoms with E-state index in [-0.39, 0.29) is 36.0 Å². The molecule has 6 aliphatic rings. The summed E-state index contributed by atoms with van der Waals surface area (Å²) in [7, 11) is 0. The second-order valence-electron chi connectivity index (χ2n) is 11.3. The molecule has 4 aliphatic carbocycles. The molecular formula is C26H36O5. The van der Waals surface area contributed by atoms with E-state index < -0.39 is 0 Å². The molecule has 0 amide bonds. The lowest BCUT2D eigenvalue weighted by molar-refractivity contribution is -0.147. The molecule has 5 heteroatoms. The van der Waals surface area contributed by atoms with Crippen molar-refractivity contribution in [2.45, 2.75) is 84.4 Å². The maximum Gasteiger partial charge on any atom is 0.303 e. The molecule has 0 spiro atoms. The van der Waals surface area contributed by atoms with Gasteiger partial charge in [-0.05, 0) is 48.9 Å². The standard InChI is InChI=1S/C26H36O5/c1-14(24-28-11-12-29-24)18-7-8-19-17-6-5-16-13-21(30-15(2)27)22-23(31-22)26(16,4)20(17)9-10-25(18,19)3/h5-6,14,18-24H,7-13H2,1-4H3/t14?,18-,19+,20+,21-,22+,23+,25-,26+/m1/s1. The number of rotatable bonds is 3. The third-order valence-corrected chi connectivity index (χ3v) is 10.0. The molecular weight excluding hydrogens is 392 g/mol. The van der Waals surface area contributed by atoms with E-state index in [1.54, 1.807) is 5.57 Å². The number of fused-ring (bicyclic) bond motifs is 7. The van der Waals surface area contributed by atoms with Gasteiger partial charge in [-0.25, -0.2) is 0 Å². The Morgan fingerprint density at radius 3 is 2.65 bits per heavy atom. The number of allylic oxidation sites excluding steroid dienone is 3. The number of carbonyl (C=O) groups is 1. The molecule has 5 fully saturated rings. The van der Waals surface area contributed by atoms with Crippen molar-refractivity contribution >= 4 is 5.97 Å². The Balaban J connectivity index is 1.29. The van der Waals surface area contributed by atoms with Crippen molar-refractivity contribution in [2.75, 3.05) is 13.2 Å². The van der Waals surface area contributed by atoms with E-state index in [0.717, 1.165) is 19.6 Å². The van der Waals surface area contributed by atoms with Crippen molar-refractivity contribution < 1.29 is 23.7 Å². The SMILES string of the molecule is CC(=O)O[C@@H]1CC2=CC=C3[C@@H]4CC[C@H](C(C)C5OCCO5)[C@@]4(C)CC[C@@H]3[C@@]2(C)[C@H]2O[C@@H]12. The van der Waals surface area contributed by atoms with Crippen molar-refractivity contribution in [3.8, 4) is 0 Å². The second kappa shape index (κ2) is 6.91. The fourth-order valence-corrected chi connectivity index (χ4v) is 8.46. The molecule has 0 aromatic carbocycles. The van der Waals surface area contributed by atoms with Gasteiger partial charge in [0.1, 0.15) is 12.2 Å². The zero-order valence-electron chi connectivity index (χ0n) is 19.3. The van der Waals surface area contributed by atoms with Gasteiger partial charge in [0.25, 0.3) is 0 Å². The van der Waals surface area contributed by atoms with Gasteiger partial charge in [0.05, 0.1) is 19.3 Å². The predicted molar refractivity (Wildman–Crippen MR) is 115 cm³/mol. The molecule has 9 atom stereocenters. The molecule has 5 nitrogen and oxygen atoms in total. The highest BCUT2D eigenvalue weighted by molar-refractivity contribution is 5.66. The maximum absolute atomic E-state index is 11.6. The number of carbonyl (C=O) groups excluding carboxylic acids is 1. The van der Waals surface area contributed by atoms with Crippen molar-refractivity contribution in [2.24, 2.45) is 34.5 Å². The molecule has 0 radical (unpaired) electrons. The summed E-state index contributed by atoms with van der Waals surface area (Å²) >= 11 is 0. The first-order valence-corrected chi connectivity index (χ1v) is 12.3. The Morgan fingerprint density at radius 2 is 1.90 bits per heavy atom. The van der Waals surface area contributed by atoms with Gasteiger partial charge in [0.15, 0.2) is 6.29 Å². The van der Waals surface area contributed by atoms with E-state index in [4.69, 9.17) is 18.9 Å². The van der Waals surface area contributed by atoms with E-state index in [9.17, 15) is 4.79 Å². The molecule has 1 unspecified atom stereocenters. The molecule has 6 rings (SSSR count). The zero-order chi connectivity index (χ0) is 21.5. The van der Waals surface area contributed by atoms with Gasteiger partial charge >= 0.3 is 5.97 Å². The fourth-order valence-electron chi connectivity index (χ4n) is 8.46. The van der Waals surface area contributed by atoms with Crippen molar-refractivity contribution in [1.82, 2.24) is 0 Å². The molecule has 0 aromatic rings. The first-order valence-electron chi connectivity index (χ1n) is 12.3. The van der Waals surface area contributed by atoms with Crippen LogP contribution in [0.25, 0.3) is 0 Å². The van der Waals surface area contributed by atoms with E-state index in [1.165, 1.54) is 38.2 Å². The third kappa shape index (κ3) is 2.82. The number of hydrogen-bond acceptors (Lipinski definition) is 5. The number of ether oxygens (including phenoxy) is 4. The van der Waals surface area contributed by atoms with Gasteiger partial charge in [-0.1, -0.05) is 44.1 Å². The summed E-state index contributed by atoms with van der Waals surface area (Å²) in [6, 6.07) is 0. The summed E-state index contributed by atoms with van der Waals surface area (Å²) in [6.07, 6.45) is 10.7. The number of esters is 1. The quantitative estimate of drug-likeness (QED) is 0.492. The van der Waals surface area contributed by atoms with Crippen LogP contribution in [0, 0.1) is 34.5 Å². The molecule has 2 saturated heterocycles. The summed E-state index contributed by atoms with van der Waals surface area (Å²) in [5.74, 6) is 2.07. The molecule has 0 bridgehead atoms. The molecule has 2 aliphatic heterocycles. The van der Waals surface area contributed by atoms with Gasteiger partial charge in [-0.2, -0.15) is 0 Å². The minimum absolute atomic E-state index is 0.0279. The van der Waals surface area contributed by atoms with Crippen LogP contribution in [-0.4, -0.2) is 43.8 Å². The normalized spacial score (nSPS) is 49.2. The van der Waals surface area contributed by atoms with Crippen LogP contribution in [0.1, 0.15) is 59.8 Å². The van der Waals surface area contributed by atoms with Crippen LogP contribution < -0.4 is 0 Å². The Labute approximate surface area is 185 Å². The highest BCUT2D eigenvalue weighted by atomic mass is 16.7. The van der Waals surface area contributed by atoms with Crippen molar-refractivity contribution in [3.05, 3.63) is 23.3 Å². The largest absolute Gasteiger partial charge is 0.459 e. The molecule has 170 valence electrons. The average molecular weight is 429 g/mol. The zero-order valence-corrected chi connectivity index (χ0v) is 19.3. The average Bonchev–Trinajstić information content (AvgIpc) is 3.21. The van der Waals surface area contributed by atoms with Gasteiger partial charge in [-0.3, -0.25) is 4.79 Å². The summed E-state index contributed by atoms with van der Waals surface area (Å²) in [5.41, 5.74) is 3.44. The van der Waals surface area contributed by atoms with E-state index in [2.05, 4.69) is 32.9 Å². The predicted octanol–water partition coefficient (Wildman–Crippen LogP) is 4.41. The topological polar surface area (TPSA) is 57.3 Å². The number of hydrogen-bond donors (Lipinski definition) is 0. The monoisotopic (exact) mass is 428 g/mol. The van der Waals surface area contributed by atoms with Gasteiger partial charge in [0, 0.05) is 24.7 Å². The van der Waals surface area contributed by atoms with E-state index in [1.807, 2.05) is 0 Å². The lowest BCUT2D eigenvalue weighted by Gasteiger charge is -2.54. The molecule has 2 heterocycles. The van der Waals surface area contributed by atoms with Gasteiger partial charge < -0.3 is 18.9 Å². The fraction of sp³-hybridized carbons (Fsp3) is 0.808. The van der Waals surface area contributed by atoms with Gasteiger partial charge in [-0.15, -0.1) is 0 Å². The molecule has 0 aromatic heterocycles. The Morgan fingerprint density at radius 1 is 1.13 bits per heavy atom. The summed E-state index contributed by atoms with van der Waals surface area (Å²) in [5, 5.41) is 0. The smallest absolute Gasteiger partial charge is 0.303 e. The van der Waals surface area contributed by atoms with Crippen LogP contribution in [0.2, 0.25) is 0 Å². The second-order valence-corrected chi connectivity index (χ2v) is 11.3. The minimum Gasteiger partial charge on any atom is -0.459 e. The van der Waals surface area contributed by atoms with Crippen LogP contribution in [0.4, 0.5) is 0 Å².